The van der Waals surface area contributed by atoms with Crippen molar-refractivity contribution in [1.29, 1.82) is 0 Å². The summed E-state index contributed by atoms with van der Waals surface area (Å²) in [6.07, 6.45) is 0. The first-order valence-electron chi connectivity index (χ1n) is 7.89. The lowest BCUT2D eigenvalue weighted by Crippen LogP contribution is -2.39. The van der Waals surface area contributed by atoms with Gasteiger partial charge in [-0.25, -0.2) is 0 Å². The molecule has 29 heavy (non-hydrogen) atoms. The Morgan fingerprint density at radius 2 is 1.17 bits per heavy atom. The molecular formula is C19H12Cl4O5S. The van der Waals surface area contributed by atoms with E-state index in [2.05, 4.69) is 0 Å². The van der Waals surface area contributed by atoms with Crippen LogP contribution in [0.4, 0.5) is 0 Å². The molecule has 0 saturated heterocycles. The van der Waals surface area contributed by atoms with E-state index in [1.165, 1.54) is 42.5 Å². The van der Waals surface area contributed by atoms with Gasteiger partial charge in [-0.1, -0.05) is 58.5 Å². The van der Waals surface area contributed by atoms with Crippen LogP contribution < -0.4 is 0 Å². The van der Waals surface area contributed by atoms with E-state index in [0.717, 1.165) is 12.1 Å². The molecule has 3 aromatic rings. The second-order valence-electron chi connectivity index (χ2n) is 6.09. The summed E-state index contributed by atoms with van der Waals surface area (Å²) in [6, 6.07) is 11.3. The average Bonchev–Trinajstić information content (AvgIpc) is 2.63. The molecule has 3 aromatic carbocycles. The Morgan fingerprint density at radius 1 is 0.690 bits per heavy atom. The molecule has 0 saturated carbocycles. The van der Waals surface area contributed by atoms with Crippen LogP contribution in [-0.2, 0) is 14.9 Å². The predicted octanol–water partition coefficient (Wildman–Crippen LogP) is 5.89. The van der Waals surface area contributed by atoms with Crippen LogP contribution in [0, 0.1) is 0 Å². The van der Waals surface area contributed by atoms with Crippen molar-refractivity contribution in [2.45, 2.75) is 4.75 Å². The Kier molecular flexibility index (Phi) is 5.98. The quantitative estimate of drug-likeness (QED) is 0.311. The van der Waals surface area contributed by atoms with E-state index in [1.54, 1.807) is 0 Å². The van der Waals surface area contributed by atoms with Gasteiger partial charge in [-0.3, -0.25) is 4.55 Å². The number of halogens is 4. The van der Waals surface area contributed by atoms with Gasteiger partial charge < -0.3 is 10.2 Å². The van der Waals surface area contributed by atoms with Gasteiger partial charge in [0.1, 0.15) is 11.5 Å². The van der Waals surface area contributed by atoms with Gasteiger partial charge >= 0.3 is 0 Å². The maximum absolute atomic E-state index is 13.0. The number of benzene rings is 3. The first-order chi connectivity index (χ1) is 13.5. The van der Waals surface area contributed by atoms with Crippen molar-refractivity contribution < 1.29 is 23.2 Å². The molecule has 3 N–H and O–H groups in total. The molecule has 0 atom stereocenters. The Labute approximate surface area is 186 Å². The zero-order chi connectivity index (χ0) is 21.6. The van der Waals surface area contributed by atoms with Crippen molar-refractivity contribution in [2.75, 3.05) is 0 Å². The van der Waals surface area contributed by atoms with Crippen LogP contribution in [0.3, 0.4) is 0 Å². The summed E-state index contributed by atoms with van der Waals surface area (Å²) in [5, 5.41) is 19.6. The molecule has 152 valence electrons. The molecule has 0 unspecified atom stereocenters. The Balaban J connectivity index is 2.67. The van der Waals surface area contributed by atoms with Crippen LogP contribution >= 0.6 is 46.4 Å². The minimum Gasteiger partial charge on any atom is -0.508 e. The summed E-state index contributed by atoms with van der Waals surface area (Å²) in [4.78, 5) is 0. The molecule has 0 aliphatic rings. The fourth-order valence-corrected chi connectivity index (χ4v) is 5.66. The molecule has 0 aliphatic carbocycles. The summed E-state index contributed by atoms with van der Waals surface area (Å²) in [5.74, 6) is -0.654. The van der Waals surface area contributed by atoms with Gasteiger partial charge in [0, 0.05) is 26.7 Å². The van der Waals surface area contributed by atoms with Crippen LogP contribution in [0.15, 0.2) is 54.6 Å². The molecule has 0 amide bonds. The van der Waals surface area contributed by atoms with Gasteiger partial charge in [0.25, 0.3) is 10.1 Å². The molecule has 0 aliphatic heterocycles. The lowest BCUT2D eigenvalue weighted by molar-refractivity contribution is 0.455. The van der Waals surface area contributed by atoms with E-state index >= 15 is 0 Å². The number of hydrogen-bond donors (Lipinski definition) is 3. The molecule has 0 aromatic heterocycles. The first kappa shape index (κ1) is 22.0. The van der Waals surface area contributed by atoms with Gasteiger partial charge in [0.15, 0.2) is 4.75 Å². The monoisotopic (exact) mass is 492 g/mol. The van der Waals surface area contributed by atoms with E-state index in [0.29, 0.717) is 0 Å². The Morgan fingerprint density at radius 3 is 1.62 bits per heavy atom. The highest BCUT2D eigenvalue weighted by molar-refractivity contribution is 7.87. The van der Waals surface area contributed by atoms with E-state index in [-0.39, 0.29) is 48.3 Å². The average molecular weight is 494 g/mol. The van der Waals surface area contributed by atoms with Crippen molar-refractivity contribution in [3.8, 4) is 11.5 Å². The van der Waals surface area contributed by atoms with E-state index in [4.69, 9.17) is 46.4 Å². The number of phenolic OH excluding ortho intramolecular Hbond substituents is 2. The fourth-order valence-electron chi connectivity index (χ4n) is 3.19. The molecule has 0 spiro atoms. The summed E-state index contributed by atoms with van der Waals surface area (Å²) in [6.45, 7) is 0. The Hall–Kier alpha value is -1.67. The molecule has 5 nitrogen and oxygen atoms in total. The lowest BCUT2D eigenvalue weighted by atomic mass is 9.83. The van der Waals surface area contributed by atoms with Crippen molar-refractivity contribution in [3.05, 3.63) is 91.4 Å². The minimum atomic E-state index is -5.14. The van der Waals surface area contributed by atoms with Gasteiger partial charge in [0.05, 0.1) is 10.0 Å². The van der Waals surface area contributed by atoms with E-state index < -0.39 is 14.9 Å². The normalized spacial score (nSPS) is 12.2. The summed E-state index contributed by atoms with van der Waals surface area (Å²) in [5.41, 5.74) is -0.647. The molecular weight excluding hydrogens is 482 g/mol. The second-order valence-corrected chi connectivity index (χ2v) is 9.25. The topological polar surface area (TPSA) is 94.8 Å². The van der Waals surface area contributed by atoms with E-state index in [1.807, 2.05) is 0 Å². The highest BCUT2D eigenvalue weighted by Gasteiger charge is 2.52. The van der Waals surface area contributed by atoms with Crippen molar-refractivity contribution in [1.82, 2.24) is 0 Å². The zero-order valence-corrected chi connectivity index (χ0v) is 18.1. The van der Waals surface area contributed by atoms with Crippen LogP contribution in [0.1, 0.15) is 16.7 Å². The minimum absolute atomic E-state index is 0.00439. The lowest BCUT2D eigenvalue weighted by Gasteiger charge is -2.34. The maximum atomic E-state index is 13.0. The number of hydrogen-bond acceptors (Lipinski definition) is 4. The van der Waals surface area contributed by atoms with Crippen molar-refractivity contribution >= 4 is 56.5 Å². The van der Waals surface area contributed by atoms with Crippen LogP contribution in [0.2, 0.25) is 20.1 Å². The Bertz CT molecular complexity index is 1150. The number of aromatic hydroxyl groups is 2. The molecule has 3 rings (SSSR count). The van der Waals surface area contributed by atoms with Gasteiger partial charge in [-0.05, 0) is 42.5 Å². The smallest absolute Gasteiger partial charge is 0.283 e. The van der Waals surface area contributed by atoms with Crippen LogP contribution in [0.5, 0.6) is 11.5 Å². The van der Waals surface area contributed by atoms with Gasteiger partial charge in [-0.15, -0.1) is 0 Å². The highest BCUT2D eigenvalue weighted by Crippen LogP contribution is 2.52. The molecule has 0 radical (unpaired) electrons. The molecule has 0 bridgehead atoms. The van der Waals surface area contributed by atoms with Crippen molar-refractivity contribution in [2.24, 2.45) is 0 Å². The summed E-state index contributed by atoms with van der Waals surface area (Å²) >= 11 is 25.1. The second kappa shape index (κ2) is 7.87. The number of phenols is 2. The summed E-state index contributed by atoms with van der Waals surface area (Å²) < 4.78 is 34.0. The summed E-state index contributed by atoms with van der Waals surface area (Å²) in [7, 11) is -5.14. The van der Waals surface area contributed by atoms with Gasteiger partial charge in [0.2, 0.25) is 0 Å². The van der Waals surface area contributed by atoms with Crippen molar-refractivity contribution in [3.63, 3.8) is 0 Å². The van der Waals surface area contributed by atoms with Crippen LogP contribution in [-0.4, -0.2) is 23.2 Å². The third-order valence-corrected chi connectivity index (χ3v) is 7.29. The molecule has 0 heterocycles. The third kappa shape index (κ3) is 3.65. The standard InChI is InChI=1S/C19H12Cl4O5S/c20-15-6-4-10(24)8-13(15)19(29(26,27)28,12-2-1-3-17(22)18(12)23)14-9-11(25)5-7-16(14)21/h1-9,24-25H,(H,26,27,28). The van der Waals surface area contributed by atoms with Crippen LogP contribution in [0.25, 0.3) is 0 Å². The maximum Gasteiger partial charge on any atom is 0.283 e. The first-order valence-corrected chi connectivity index (χ1v) is 10.8. The number of rotatable bonds is 4. The fraction of sp³-hybridized carbons (Fsp3) is 0.0526. The third-order valence-electron chi connectivity index (χ3n) is 4.38. The SMILES string of the molecule is O=S(=O)(O)C(c1cc(O)ccc1Cl)(c1cc(O)ccc1Cl)c1cccc(Cl)c1Cl. The predicted molar refractivity (Wildman–Crippen MR) is 114 cm³/mol. The molecule has 0 fully saturated rings. The molecule has 10 heteroatoms. The van der Waals surface area contributed by atoms with Gasteiger partial charge in [-0.2, -0.15) is 8.42 Å². The zero-order valence-electron chi connectivity index (χ0n) is 14.3. The highest BCUT2D eigenvalue weighted by atomic mass is 35.5. The largest absolute Gasteiger partial charge is 0.508 e. The van der Waals surface area contributed by atoms with E-state index in [9.17, 15) is 23.2 Å².